The zero-order chi connectivity index (χ0) is 23.1. The van der Waals surface area contributed by atoms with Gasteiger partial charge in [-0.2, -0.15) is 0 Å². The van der Waals surface area contributed by atoms with Crippen molar-refractivity contribution in [2.75, 3.05) is 44.7 Å². The topological polar surface area (TPSA) is 113 Å². The number of hydrogen-bond donors (Lipinski definition) is 3. The smallest absolute Gasteiger partial charge is 0.341 e. The number of morpholine rings is 1. The summed E-state index contributed by atoms with van der Waals surface area (Å²) in [6.07, 6.45) is 1.95. The molecule has 3 aromatic rings. The molecule has 1 fully saturated rings. The summed E-state index contributed by atoms with van der Waals surface area (Å²) in [7, 11) is 0. The first-order valence-electron chi connectivity index (χ1n) is 10.6. The quantitative estimate of drug-likeness (QED) is 0.381. The number of halogens is 1. The minimum absolute atomic E-state index is 0.0654. The summed E-state index contributed by atoms with van der Waals surface area (Å²) in [5.41, 5.74) is -0.508. The number of benzene rings is 2. The first kappa shape index (κ1) is 21.2. The van der Waals surface area contributed by atoms with Crippen molar-refractivity contribution < 1.29 is 28.9 Å². The number of ether oxygens (including phenoxy) is 2. The molecular formula is C23H22FN3O6. The minimum atomic E-state index is -1.41. The lowest BCUT2D eigenvalue weighted by Crippen LogP contribution is -2.37. The van der Waals surface area contributed by atoms with Crippen LogP contribution in [0.25, 0.3) is 16.6 Å². The van der Waals surface area contributed by atoms with Gasteiger partial charge in [-0.3, -0.25) is 9.69 Å². The van der Waals surface area contributed by atoms with E-state index in [1.54, 1.807) is 6.07 Å². The maximum absolute atomic E-state index is 15.2. The number of aromatic carboxylic acids is 1. The van der Waals surface area contributed by atoms with Crippen molar-refractivity contribution in [1.29, 1.82) is 0 Å². The first-order valence-corrected chi connectivity index (χ1v) is 10.6. The van der Waals surface area contributed by atoms with Crippen LogP contribution < -0.4 is 15.5 Å². The van der Waals surface area contributed by atoms with Crippen LogP contribution in [0.4, 0.5) is 10.1 Å². The van der Waals surface area contributed by atoms with E-state index in [1.165, 1.54) is 22.9 Å². The van der Waals surface area contributed by atoms with Crippen molar-refractivity contribution in [3.8, 4) is 22.9 Å². The lowest BCUT2D eigenvalue weighted by atomic mass is 10.1. The Morgan fingerprint density at radius 1 is 1.21 bits per heavy atom. The lowest BCUT2D eigenvalue weighted by Gasteiger charge is -2.27. The molecule has 0 atom stereocenters. The highest BCUT2D eigenvalue weighted by atomic mass is 19.1. The number of rotatable bonds is 6. The highest BCUT2D eigenvalue weighted by Gasteiger charge is 2.28. The van der Waals surface area contributed by atoms with Crippen LogP contribution in [0.1, 0.15) is 16.8 Å². The molecule has 5 rings (SSSR count). The van der Waals surface area contributed by atoms with E-state index in [2.05, 4.69) is 10.2 Å². The molecule has 0 saturated carbocycles. The van der Waals surface area contributed by atoms with E-state index >= 15 is 4.39 Å². The number of aromatic hydroxyl groups is 1. The Morgan fingerprint density at radius 3 is 2.76 bits per heavy atom. The van der Waals surface area contributed by atoms with Gasteiger partial charge in [0.15, 0.2) is 17.3 Å². The molecule has 3 N–H and O–H groups in total. The van der Waals surface area contributed by atoms with Crippen LogP contribution in [0.3, 0.4) is 0 Å². The van der Waals surface area contributed by atoms with Gasteiger partial charge in [0.2, 0.25) is 5.43 Å². The van der Waals surface area contributed by atoms with E-state index in [0.717, 1.165) is 32.1 Å². The fourth-order valence-corrected chi connectivity index (χ4v) is 4.27. The largest absolute Gasteiger partial charge is 0.508 e. The Labute approximate surface area is 187 Å². The average molecular weight is 455 g/mol. The Kier molecular flexibility index (Phi) is 5.39. The van der Waals surface area contributed by atoms with E-state index in [9.17, 15) is 19.8 Å². The van der Waals surface area contributed by atoms with Gasteiger partial charge in [-0.15, -0.1) is 0 Å². The van der Waals surface area contributed by atoms with Crippen LogP contribution in [0, 0.1) is 5.82 Å². The summed E-state index contributed by atoms with van der Waals surface area (Å²) in [5, 5.41) is 22.4. The van der Waals surface area contributed by atoms with Crippen LogP contribution in [0.2, 0.25) is 0 Å². The van der Waals surface area contributed by atoms with Crippen molar-refractivity contribution in [2.45, 2.75) is 6.42 Å². The Balaban J connectivity index is 1.56. The molecule has 2 aliphatic heterocycles. The molecule has 2 aliphatic rings. The molecule has 10 heteroatoms. The third kappa shape index (κ3) is 3.77. The second-order valence-electron chi connectivity index (χ2n) is 7.99. The predicted molar refractivity (Wildman–Crippen MR) is 119 cm³/mol. The summed E-state index contributed by atoms with van der Waals surface area (Å²) >= 11 is 0. The van der Waals surface area contributed by atoms with E-state index in [1.807, 2.05) is 0 Å². The predicted octanol–water partition coefficient (Wildman–Crippen LogP) is 2.77. The van der Waals surface area contributed by atoms with Crippen LogP contribution in [-0.4, -0.2) is 65.0 Å². The molecule has 1 aromatic heterocycles. The molecule has 0 spiro atoms. The number of hydrogen-bond acceptors (Lipinski definition) is 7. The molecule has 9 nitrogen and oxygen atoms in total. The molecule has 0 bridgehead atoms. The summed E-state index contributed by atoms with van der Waals surface area (Å²) in [5.74, 6) is -1.91. The summed E-state index contributed by atoms with van der Waals surface area (Å²) in [6, 6.07) is 5.37. The van der Waals surface area contributed by atoms with Gasteiger partial charge < -0.3 is 29.6 Å². The van der Waals surface area contributed by atoms with Crippen molar-refractivity contribution in [1.82, 2.24) is 9.47 Å². The molecular weight excluding hydrogens is 433 g/mol. The number of phenols is 1. The molecule has 0 aliphatic carbocycles. The third-order valence-corrected chi connectivity index (χ3v) is 5.90. The minimum Gasteiger partial charge on any atom is -0.508 e. The molecule has 0 amide bonds. The number of anilines is 1. The van der Waals surface area contributed by atoms with Crippen molar-refractivity contribution in [3.63, 3.8) is 0 Å². The van der Waals surface area contributed by atoms with Crippen LogP contribution in [0.5, 0.6) is 17.2 Å². The molecule has 1 saturated heterocycles. The molecule has 0 radical (unpaired) electrons. The highest BCUT2D eigenvalue weighted by molar-refractivity contribution is 5.98. The van der Waals surface area contributed by atoms with Gasteiger partial charge in [-0.25, -0.2) is 9.18 Å². The van der Waals surface area contributed by atoms with Crippen molar-refractivity contribution in [3.05, 3.63) is 52.1 Å². The second-order valence-corrected chi connectivity index (χ2v) is 7.99. The van der Waals surface area contributed by atoms with Crippen molar-refractivity contribution in [2.24, 2.45) is 0 Å². The Morgan fingerprint density at radius 2 is 2.00 bits per heavy atom. The number of aromatic nitrogens is 1. The van der Waals surface area contributed by atoms with Gasteiger partial charge in [-0.05, 0) is 31.2 Å². The maximum atomic E-state index is 15.2. The van der Waals surface area contributed by atoms with E-state index in [-0.39, 0.29) is 33.8 Å². The van der Waals surface area contributed by atoms with E-state index in [4.69, 9.17) is 9.47 Å². The lowest BCUT2D eigenvalue weighted by molar-refractivity contribution is 0.0378. The maximum Gasteiger partial charge on any atom is 0.341 e. The van der Waals surface area contributed by atoms with E-state index < -0.39 is 22.8 Å². The number of nitrogens with one attached hydrogen (secondary N) is 1. The number of carbonyl (C=O) groups is 1. The van der Waals surface area contributed by atoms with Gasteiger partial charge in [-0.1, -0.05) is 0 Å². The Bertz CT molecular complexity index is 1320. The van der Waals surface area contributed by atoms with Gasteiger partial charge in [0.05, 0.1) is 24.3 Å². The molecule has 172 valence electrons. The summed E-state index contributed by atoms with van der Waals surface area (Å²) in [4.78, 5) is 26.7. The molecule has 0 unspecified atom stereocenters. The molecule has 2 aromatic carbocycles. The average Bonchev–Trinajstić information content (AvgIpc) is 2.80. The second kappa shape index (κ2) is 8.38. The standard InChI is InChI=1S/C23H22FN3O6/c24-16-11-14-20-22(19(16)25-4-1-5-26-6-8-32-9-7-26)33-18-10-13(28)2-3-17(18)27(20)12-15(21(14)29)23(30)31/h2-3,10-12,25,28H,1,4-9H2,(H,30,31). The number of fused-ring (bicyclic) bond motifs is 2. The van der Waals surface area contributed by atoms with E-state index in [0.29, 0.717) is 25.4 Å². The van der Waals surface area contributed by atoms with Crippen LogP contribution in [0.15, 0.2) is 35.3 Å². The first-order chi connectivity index (χ1) is 15.9. The fraction of sp³-hybridized carbons (Fsp3) is 0.304. The molecule has 33 heavy (non-hydrogen) atoms. The SMILES string of the molecule is O=C(O)c1cn2c3c(c(NCCCN4CCOCC4)c(F)cc3c1=O)Oc1cc(O)ccc1-2. The van der Waals surface area contributed by atoms with Gasteiger partial charge in [0.1, 0.15) is 22.5 Å². The van der Waals surface area contributed by atoms with Crippen LogP contribution >= 0.6 is 0 Å². The van der Waals surface area contributed by atoms with Crippen LogP contribution in [-0.2, 0) is 4.74 Å². The normalized spacial score (nSPS) is 15.2. The van der Waals surface area contributed by atoms with Gasteiger partial charge >= 0.3 is 5.97 Å². The zero-order valence-electron chi connectivity index (χ0n) is 17.6. The summed E-state index contributed by atoms with van der Waals surface area (Å²) < 4.78 is 27.9. The fourth-order valence-electron chi connectivity index (χ4n) is 4.27. The number of carboxylic acid groups (broad SMARTS) is 1. The summed E-state index contributed by atoms with van der Waals surface area (Å²) in [6.45, 7) is 4.40. The number of carboxylic acids is 1. The number of pyridine rings is 1. The highest BCUT2D eigenvalue weighted by Crippen LogP contribution is 2.45. The Hall–Kier alpha value is -3.63. The molecule has 3 heterocycles. The van der Waals surface area contributed by atoms with Crippen molar-refractivity contribution >= 4 is 22.6 Å². The third-order valence-electron chi connectivity index (χ3n) is 5.90. The van der Waals surface area contributed by atoms with Gasteiger partial charge in [0.25, 0.3) is 0 Å². The number of phenolic OH excluding ortho intramolecular Hbond substituents is 1. The number of nitrogens with zero attached hydrogens (tertiary/aromatic N) is 2. The monoisotopic (exact) mass is 455 g/mol. The zero-order valence-corrected chi connectivity index (χ0v) is 17.6. The van der Waals surface area contributed by atoms with Gasteiger partial charge in [0, 0.05) is 31.9 Å².